The highest BCUT2D eigenvalue weighted by Crippen LogP contribution is 2.32. The third-order valence-corrected chi connectivity index (χ3v) is 5.15. The maximum Gasteiger partial charge on any atom is 0.226 e. The van der Waals surface area contributed by atoms with Crippen LogP contribution in [-0.2, 0) is 4.79 Å². The van der Waals surface area contributed by atoms with Crippen molar-refractivity contribution in [1.29, 1.82) is 0 Å². The molecular weight excluding hydrogens is 363 g/mol. The first-order valence-corrected chi connectivity index (χ1v) is 8.46. The molecule has 1 aromatic heterocycles. The Hall–Kier alpha value is -1.24. The van der Waals surface area contributed by atoms with Gasteiger partial charge in [-0.15, -0.1) is 24.8 Å². The van der Waals surface area contributed by atoms with E-state index in [0.29, 0.717) is 18.4 Å². The summed E-state index contributed by atoms with van der Waals surface area (Å²) in [5.74, 6) is 2.54. The molecule has 142 valence electrons. The standard InChI is InChI=1S/C17H26N4O2.2ClH/c1-23-14-5-6-19-16(11-14)20-7-9-21(10-8-20)17(22)15-4-2-3-13(15)12-18;;/h5-6,11,13,15H,2-4,7-10,12,18H2,1H3;2*1H/t13-,15-;;/m1../s1. The lowest BCUT2D eigenvalue weighted by atomic mass is 9.94. The van der Waals surface area contributed by atoms with Crippen LogP contribution in [0.25, 0.3) is 0 Å². The Bertz CT molecular complexity index is 553. The molecule has 2 fully saturated rings. The first-order chi connectivity index (χ1) is 11.2. The Morgan fingerprint density at radius 3 is 2.64 bits per heavy atom. The molecule has 1 aliphatic heterocycles. The maximum atomic E-state index is 12.7. The van der Waals surface area contributed by atoms with Crippen molar-refractivity contribution in [3.8, 4) is 5.75 Å². The van der Waals surface area contributed by atoms with E-state index < -0.39 is 0 Å². The molecule has 2 atom stereocenters. The van der Waals surface area contributed by atoms with Gasteiger partial charge in [0, 0.05) is 44.4 Å². The van der Waals surface area contributed by atoms with Gasteiger partial charge in [-0.05, 0) is 31.4 Å². The van der Waals surface area contributed by atoms with Crippen LogP contribution < -0.4 is 15.4 Å². The van der Waals surface area contributed by atoms with Crippen molar-refractivity contribution in [2.75, 3.05) is 44.7 Å². The lowest BCUT2D eigenvalue weighted by Crippen LogP contribution is -2.51. The van der Waals surface area contributed by atoms with Crippen molar-refractivity contribution in [2.45, 2.75) is 19.3 Å². The Balaban J connectivity index is 0.00000156. The van der Waals surface area contributed by atoms with Gasteiger partial charge in [0.1, 0.15) is 11.6 Å². The van der Waals surface area contributed by atoms with Gasteiger partial charge in [-0.3, -0.25) is 4.79 Å². The molecule has 8 heteroatoms. The Morgan fingerprint density at radius 1 is 1.28 bits per heavy atom. The van der Waals surface area contributed by atoms with Gasteiger partial charge in [-0.25, -0.2) is 4.98 Å². The number of piperazine rings is 1. The predicted octanol–water partition coefficient (Wildman–Crippen LogP) is 1.96. The van der Waals surface area contributed by atoms with Crippen LogP contribution in [-0.4, -0.2) is 55.6 Å². The third kappa shape index (κ3) is 4.90. The van der Waals surface area contributed by atoms with Crippen molar-refractivity contribution >= 4 is 36.5 Å². The summed E-state index contributed by atoms with van der Waals surface area (Å²) in [6, 6.07) is 3.79. The quantitative estimate of drug-likeness (QED) is 0.850. The number of hydrogen-bond acceptors (Lipinski definition) is 5. The number of amides is 1. The van der Waals surface area contributed by atoms with Gasteiger partial charge < -0.3 is 20.3 Å². The summed E-state index contributed by atoms with van der Waals surface area (Å²) in [6.45, 7) is 3.76. The summed E-state index contributed by atoms with van der Waals surface area (Å²) in [5, 5.41) is 0. The molecule has 1 aromatic rings. The highest BCUT2D eigenvalue weighted by Gasteiger charge is 2.35. The van der Waals surface area contributed by atoms with Gasteiger partial charge in [0.2, 0.25) is 5.91 Å². The van der Waals surface area contributed by atoms with Crippen molar-refractivity contribution < 1.29 is 9.53 Å². The SMILES string of the molecule is COc1ccnc(N2CCN(C(=O)[C@@H]3CCC[C@@H]3CN)CC2)c1.Cl.Cl. The fourth-order valence-corrected chi connectivity index (χ4v) is 3.73. The number of anilines is 1. The zero-order valence-corrected chi connectivity index (χ0v) is 16.2. The lowest BCUT2D eigenvalue weighted by Gasteiger charge is -2.37. The number of rotatable bonds is 4. The molecule has 0 bridgehead atoms. The van der Waals surface area contributed by atoms with E-state index in [1.807, 2.05) is 17.0 Å². The van der Waals surface area contributed by atoms with Crippen LogP contribution in [0.4, 0.5) is 5.82 Å². The first kappa shape index (κ1) is 21.8. The largest absolute Gasteiger partial charge is 0.497 e. The minimum Gasteiger partial charge on any atom is -0.497 e. The summed E-state index contributed by atoms with van der Waals surface area (Å²) in [5.41, 5.74) is 5.82. The molecular formula is C17H28Cl2N4O2. The number of ether oxygens (including phenoxy) is 1. The predicted molar refractivity (Wildman–Crippen MR) is 104 cm³/mol. The molecule has 0 spiro atoms. The third-order valence-electron chi connectivity index (χ3n) is 5.15. The zero-order chi connectivity index (χ0) is 16.2. The van der Waals surface area contributed by atoms with Crippen molar-refractivity contribution in [2.24, 2.45) is 17.6 Å². The fourth-order valence-electron chi connectivity index (χ4n) is 3.73. The van der Waals surface area contributed by atoms with Gasteiger partial charge in [0.15, 0.2) is 0 Å². The van der Waals surface area contributed by atoms with Gasteiger partial charge in [0.25, 0.3) is 0 Å². The average molecular weight is 391 g/mol. The molecule has 3 rings (SSSR count). The lowest BCUT2D eigenvalue weighted by molar-refractivity contribution is -0.136. The molecule has 25 heavy (non-hydrogen) atoms. The van der Waals surface area contributed by atoms with Crippen LogP contribution in [0.5, 0.6) is 5.75 Å². The second kappa shape index (κ2) is 10.0. The van der Waals surface area contributed by atoms with Crippen LogP contribution in [0, 0.1) is 11.8 Å². The van der Waals surface area contributed by atoms with Crippen LogP contribution in [0.3, 0.4) is 0 Å². The number of halogens is 2. The molecule has 0 unspecified atom stereocenters. The molecule has 2 N–H and O–H groups in total. The molecule has 2 heterocycles. The van der Waals surface area contributed by atoms with Crippen LogP contribution in [0.1, 0.15) is 19.3 Å². The maximum absolute atomic E-state index is 12.7. The molecule has 6 nitrogen and oxygen atoms in total. The highest BCUT2D eigenvalue weighted by atomic mass is 35.5. The molecule has 1 amide bonds. The second-order valence-electron chi connectivity index (χ2n) is 6.40. The van der Waals surface area contributed by atoms with Crippen LogP contribution in [0.15, 0.2) is 18.3 Å². The Morgan fingerprint density at radius 2 is 2.00 bits per heavy atom. The topological polar surface area (TPSA) is 71.7 Å². The van der Waals surface area contributed by atoms with E-state index in [9.17, 15) is 4.79 Å². The molecule has 0 aromatic carbocycles. The zero-order valence-electron chi connectivity index (χ0n) is 14.6. The number of pyridine rings is 1. The van der Waals surface area contributed by atoms with E-state index in [1.165, 1.54) is 0 Å². The van der Waals surface area contributed by atoms with Gasteiger partial charge >= 0.3 is 0 Å². The number of nitrogens with zero attached hydrogens (tertiary/aromatic N) is 3. The summed E-state index contributed by atoms with van der Waals surface area (Å²) in [6.07, 6.45) is 4.99. The van der Waals surface area contributed by atoms with E-state index in [-0.39, 0.29) is 30.7 Å². The van der Waals surface area contributed by atoms with Crippen LogP contribution in [0.2, 0.25) is 0 Å². The molecule has 1 saturated carbocycles. The van der Waals surface area contributed by atoms with E-state index >= 15 is 0 Å². The van der Waals surface area contributed by atoms with Gasteiger partial charge in [-0.1, -0.05) is 6.42 Å². The van der Waals surface area contributed by atoms with E-state index in [2.05, 4.69) is 9.88 Å². The average Bonchev–Trinajstić information content (AvgIpc) is 3.10. The number of carbonyl (C=O) groups excluding carboxylic acids is 1. The normalized spacial score (nSPS) is 22.8. The first-order valence-electron chi connectivity index (χ1n) is 8.46. The van der Waals surface area contributed by atoms with E-state index in [4.69, 9.17) is 10.5 Å². The second-order valence-corrected chi connectivity index (χ2v) is 6.40. The van der Waals surface area contributed by atoms with Gasteiger partial charge in [0.05, 0.1) is 7.11 Å². The molecule has 0 radical (unpaired) electrons. The van der Waals surface area contributed by atoms with Crippen molar-refractivity contribution in [3.05, 3.63) is 18.3 Å². The summed E-state index contributed by atoms with van der Waals surface area (Å²) in [4.78, 5) is 21.4. The smallest absolute Gasteiger partial charge is 0.226 e. The van der Waals surface area contributed by atoms with Crippen molar-refractivity contribution in [3.63, 3.8) is 0 Å². The van der Waals surface area contributed by atoms with Gasteiger partial charge in [-0.2, -0.15) is 0 Å². The Labute approximate surface area is 161 Å². The number of carbonyl (C=O) groups is 1. The van der Waals surface area contributed by atoms with E-state index in [0.717, 1.165) is 57.0 Å². The number of nitrogens with two attached hydrogens (primary N) is 1. The minimum atomic E-state index is 0. The monoisotopic (exact) mass is 390 g/mol. The summed E-state index contributed by atoms with van der Waals surface area (Å²) >= 11 is 0. The number of methoxy groups -OCH3 is 1. The minimum absolute atomic E-state index is 0. The van der Waals surface area contributed by atoms with E-state index in [1.54, 1.807) is 13.3 Å². The number of hydrogen-bond donors (Lipinski definition) is 1. The van der Waals surface area contributed by atoms with Crippen molar-refractivity contribution in [1.82, 2.24) is 9.88 Å². The summed E-state index contributed by atoms with van der Waals surface area (Å²) in [7, 11) is 1.66. The molecule has 1 aliphatic carbocycles. The van der Waals surface area contributed by atoms with Crippen LogP contribution >= 0.6 is 24.8 Å². The fraction of sp³-hybridized carbons (Fsp3) is 0.647. The summed E-state index contributed by atoms with van der Waals surface area (Å²) < 4.78 is 5.25. The number of aromatic nitrogens is 1. The molecule has 2 aliphatic rings. The Kier molecular flexibility index (Phi) is 8.76. The molecule has 1 saturated heterocycles. The highest BCUT2D eigenvalue weighted by molar-refractivity contribution is 5.85.